The van der Waals surface area contributed by atoms with Crippen molar-refractivity contribution < 1.29 is 13.7 Å². The molecule has 0 aliphatic heterocycles. The van der Waals surface area contributed by atoms with E-state index in [1.807, 2.05) is 0 Å². The SMILES string of the molecule is O=[N+]([O-])c1c(Cl)ncnc1-c1ccc(F)cc1F. The number of halogens is 3. The van der Waals surface area contributed by atoms with Gasteiger partial charge in [-0.1, -0.05) is 11.6 Å². The molecule has 0 radical (unpaired) electrons. The molecule has 0 fully saturated rings. The van der Waals surface area contributed by atoms with Gasteiger partial charge < -0.3 is 0 Å². The van der Waals surface area contributed by atoms with Crippen LogP contribution in [0, 0.1) is 21.7 Å². The Morgan fingerprint density at radius 2 is 2.00 bits per heavy atom. The van der Waals surface area contributed by atoms with E-state index in [9.17, 15) is 18.9 Å². The Hall–Kier alpha value is -2.15. The predicted octanol–water partition coefficient (Wildman–Crippen LogP) is 2.98. The summed E-state index contributed by atoms with van der Waals surface area (Å²) in [6, 6.07) is 2.63. The standard InChI is InChI=1S/C10H4ClF2N3O2/c11-10-9(16(17)18)8(14-4-15-10)6-2-1-5(12)3-7(6)13/h1-4H. The maximum absolute atomic E-state index is 13.5. The minimum Gasteiger partial charge on any atom is -0.258 e. The Morgan fingerprint density at radius 3 is 2.61 bits per heavy atom. The third-order valence-corrected chi connectivity index (χ3v) is 2.42. The molecular weight excluding hydrogens is 268 g/mol. The molecule has 0 bridgehead atoms. The van der Waals surface area contributed by atoms with Gasteiger partial charge in [-0.3, -0.25) is 10.1 Å². The van der Waals surface area contributed by atoms with Gasteiger partial charge in [-0.2, -0.15) is 0 Å². The second-order valence-electron chi connectivity index (χ2n) is 3.24. The Kier molecular flexibility index (Phi) is 3.15. The third kappa shape index (κ3) is 2.12. The monoisotopic (exact) mass is 271 g/mol. The lowest BCUT2D eigenvalue weighted by Crippen LogP contribution is -1.99. The van der Waals surface area contributed by atoms with Crippen LogP contribution >= 0.6 is 11.6 Å². The van der Waals surface area contributed by atoms with Gasteiger partial charge in [-0.15, -0.1) is 0 Å². The quantitative estimate of drug-likeness (QED) is 0.478. The van der Waals surface area contributed by atoms with Crippen LogP contribution in [0.25, 0.3) is 11.3 Å². The molecule has 0 aliphatic rings. The number of hydrogen-bond donors (Lipinski definition) is 0. The molecule has 0 spiro atoms. The fraction of sp³-hybridized carbons (Fsp3) is 0. The Labute approximate surface area is 104 Å². The van der Waals surface area contributed by atoms with E-state index in [0.717, 1.165) is 18.5 Å². The average molecular weight is 272 g/mol. The van der Waals surface area contributed by atoms with Gasteiger partial charge in [-0.25, -0.2) is 18.7 Å². The van der Waals surface area contributed by atoms with Gasteiger partial charge in [0.25, 0.3) is 0 Å². The third-order valence-electron chi connectivity index (χ3n) is 2.15. The van der Waals surface area contributed by atoms with Gasteiger partial charge in [0, 0.05) is 11.6 Å². The highest BCUT2D eigenvalue weighted by Gasteiger charge is 2.24. The van der Waals surface area contributed by atoms with E-state index >= 15 is 0 Å². The molecule has 0 N–H and O–H groups in total. The van der Waals surface area contributed by atoms with Crippen LogP contribution in [0.4, 0.5) is 14.5 Å². The molecule has 0 saturated heterocycles. The summed E-state index contributed by atoms with van der Waals surface area (Å²) in [6.07, 6.45) is 0.966. The van der Waals surface area contributed by atoms with Gasteiger partial charge >= 0.3 is 5.69 Å². The second-order valence-corrected chi connectivity index (χ2v) is 3.60. The molecule has 1 aromatic heterocycles. The van der Waals surface area contributed by atoms with Crippen LogP contribution < -0.4 is 0 Å². The first-order chi connectivity index (χ1) is 8.50. The summed E-state index contributed by atoms with van der Waals surface area (Å²) in [5, 5.41) is 10.4. The molecule has 92 valence electrons. The molecule has 0 amide bonds. The molecule has 18 heavy (non-hydrogen) atoms. The van der Waals surface area contributed by atoms with E-state index < -0.39 is 27.4 Å². The van der Waals surface area contributed by atoms with Crippen molar-refractivity contribution in [1.82, 2.24) is 9.97 Å². The Balaban J connectivity index is 2.71. The number of nitro groups is 1. The zero-order chi connectivity index (χ0) is 13.3. The van der Waals surface area contributed by atoms with Crippen LogP contribution in [-0.2, 0) is 0 Å². The number of hydrogen-bond acceptors (Lipinski definition) is 4. The molecule has 0 atom stereocenters. The normalized spacial score (nSPS) is 10.4. The summed E-state index contributed by atoms with van der Waals surface area (Å²) < 4.78 is 26.3. The lowest BCUT2D eigenvalue weighted by Gasteiger charge is -2.04. The highest BCUT2D eigenvalue weighted by atomic mass is 35.5. The van der Waals surface area contributed by atoms with Crippen molar-refractivity contribution in [2.75, 3.05) is 0 Å². The molecule has 0 unspecified atom stereocenters. The predicted molar refractivity (Wildman–Crippen MR) is 59.0 cm³/mol. The molecule has 8 heteroatoms. The summed E-state index contributed by atoms with van der Waals surface area (Å²) in [5.74, 6) is -1.76. The van der Waals surface area contributed by atoms with Gasteiger partial charge in [0.05, 0.1) is 4.92 Å². The van der Waals surface area contributed by atoms with Crippen LogP contribution in [0.15, 0.2) is 24.5 Å². The molecule has 2 rings (SSSR count). The Morgan fingerprint density at radius 1 is 1.28 bits per heavy atom. The van der Waals surface area contributed by atoms with E-state index in [0.29, 0.717) is 6.07 Å². The van der Waals surface area contributed by atoms with Gasteiger partial charge in [0.1, 0.15) is 18.0 Å². The van der Waals surface area contributed by atoms with Crippen molar-refractivity contribution in [3.63, 3.8) is 0 Å². The molecule has 2 aromatic rings. The van der Waals surface area contributed by atoms with Gasteiger partial charge in [0.2, 0.25) is 5.15 Å². The van der Waals surface area contributed by atoms with E-state index in [4.69, 9.17) is 11.6 Å². The molecule has 0 saturated carbocycles. The minimum absolute atomic E-state index is 0.215. The lowest BCUT2D eigenvalue weighted by atomic mass is 10.1. The fourth-order valence-electron chi connectivity index (χ4n) is 1.40. The zero-order valence-electron chi connectivity index (χ0n) is 8.60. The molecule has 0 aliphatic carbocycles. The van der Waals surface area contributed by atoms with Gasteiger partial charge in [0.15, 0.2) is 5.69 Å². The van der Waals surface area contributed by atoms with E-state index in [2.05, 4.69) is 9.97 Å². The van der Waals surface area contributed by atoms with Crippen molar-refractivity contribution in [1.29, 1.82) is 0 Å². The van der Waals surface area contributed by atoms with Crippen molar-refractivity contribution >= 4 is 17.3 Å². The summed E-state index contributed by atoms with van der Waals surface area (Å²) in [4.78, 5) is 17.1. The molecule has 1 heterocycles. The van der Waals surface area contributed by atoms with Crippen molar-refractivity contribution in [3.05, 3.63) is 51.4 Å². The largest absolute Gasteiger partial charge is 0.332 e. The number of nitrogens with zero attached hydrogens (tertiary/aromatic N) is 3. The van der Waals surface area contributed by atoms with E-state index in [1.165, 1.54) is 0 Å². The number of aromatic nitrogens is 2. The van der Waals surface area contributed by atoms with Crippen molar-refractivity contribution in [3.8, 4) is 11.3 Å². The fourth-order valence-corrected chi connectivity index (χ4v) is 1.60. The first-order valence-corrected chi connectivity index (χ1v) is 4.99. The highest BCUT2D eigenvalue weighted by molar-refractivity contribution is 6.31. The van der Waals surface area contributed by atoms with Gasteiger partial charge in [-0.05, 0) is 12.1 Å². The topological polar surface area (TPSA) is 68.9 Å². The maximum Gasteiger partial charge on any atom is 0.332 e. The zero-order valence-corrected chi connectivity index (χ0v) is 9.36. The number of benzene rings is 1. The van der Waals surface area contributed by atoms with Crippen LogP contribution in [0.5, 0.6) is 0 Å². The summed E-state index contributed by atoms with van der Waals surface area (Å²) in [5.41, 5.74) is -1.13. The maximum atomic E-state index is 13.5. The van der Waals surface area contributed by atoms with Crippen LogP contribution in [0.2, 0.25) is 5.15 Å². The summed E-state index contributed by atoms with van der Waals surface area (Å²) in [7, 11) is 0. The summed E-state index contributed by atoms with van der Waals surface area (Å²) >= 11 is 5.57. The first kappa shape index (κ1) is 12.3. The molecule has 1 aromatic carbocycles. The van der Waals surface area contributed by atoms with Crippen molar-refractivity contribution in [2.24, 2.45) is 0 Å². The highest BCUT2D eigenvalue weighted by Crippen LogP contribution is 2.33. The second kappa shape index (κ2) is 4.61. The first-order valence-electron chi connectivity index (χ1n) is 4.61. The van der Waals surface area contributed by atoms with E-state index in [-0.39, 0.29) is 11.3 Å². The summed E-state index contributed by atoms with van der Waals surface area (Å²) in [6.45, 7) is 0. The number of rotatable bonds is 2. The average Bonchev–Trinajstić information content (AvgIpc) is 2.28. The molecular formula is C10H4ClF2N3O2. The van der Waals surface area contributed by atoms with Crippen molar-refractivity contribution in [2.45, 2.75) is 0 Å². The minimum atomic E-state index is -0.965. The van der Waals surface area contributed by atoms with Crippen LogP contribution in [0.1, 0.15) is 0 Å². The van der Waals surface area contributed by atoms with Crippen LogP contribution in [0.3, 0.4) is 0 Å². The van der Waals surface area contributed by atoms with Crippen LogP contribution in [-0.4, -0.2) is 14.9 Å². The smallest absolute Gasteiger partial charge is 0.258 e. The lowest BCUT2D eigenvalue weighted by molar-refractivity contribution is -0.384. The molecule has 5 nitrogen and oxygen atoms in total. The van der Waals surface area contributed by atoms with E-state index in [1.54, 1.807) is 0 Å². The Bertz CT molecular complexity index is 637.